The molecule has 0 aromatic rings. The van der Waals surface area contributed by atoms with Crippen molar-refractivity contribution in [2.75, 3.05) is 6.61 Å². The monoisotopic (exact) mass is 412 g/mol. The minimum Gasteiger partial charge on any atom is -0.431 e. The molecule has 4 aliphatic rings. The second-order valence-electron chi connectivity index (χ2n) is 10.3. The van der Waals surface area contributed by atoms with E-state index in [0.717, 1.165) is 44.5 Å². The van der Waals surface area contributed by atoms with Crippen molar-refractivity contribution in [2.24, 2.45) is 28.6 Å². The second kappa shape index (κ2) is 7.47. The molecule has 4 nitrogen and oxygen atoms in total. The fraction of sp³-hybridized carbons (Fsp3) is 0.692. The van der Waals surface area contributed by atoms with Gasteiger partial charge in [-0.3, -0.25) is 9.59 Å². The van der Waals surface area contributed by atoms with Gasteiger partial charge in [0.1, 0.15) is 11.5 Å². The van der Waals surface area contributed by atoms with E-state index in [4.69, 9.17) is 9.47 Å². The molecule has 0 bridgehead atoms. The van der Waals surface area contributed by atoms with E-state index in [1.165, 1.54) is 12.5 Å². The number of esters is 1. The number of hydrogen-bond donors (Lipinski definition) is 0. The molecule has 4 heteroatoms. The molecule has 0 aromatic carbocycles. The highest BCUT2D eigenvalue weighted by molar-refractivity contribution is 5.86. The summed E-state index contributed by atoms with van der Waals surface area (Å²) in [6.07, 6.45) is 12.4. The average Bonchev–Trinajstić information content (AvgIpc) is 2.99. The lowest BCUT2D eigenvalue weighted by Gasteiger charge is -2.57. The summed E-state index contributed by atoms with van der Waals surface area (Å²) >= 11 is 0. The first-order valence-electron chi connectivity index (χ1n) is 11.6. The van der Waals surface area contributed by atoms with Crippen molar-refractivity contribution in [3.05, 3.63) is 36.1 Å². The molecule has 4 aliphatic carbocycles. The zero-order valence-corrected chi connectivity index (χ0v) is 19.0. The number of rotatable bonds is 5. The van der Waals surface area contributed by atoms with Crippen molar-refractivity contribution in [1.82, 2.24) is 0 Å². The van der Waals surface area contributed by atoms with Crippen LogP contribution < -0.4 is 0 Å². The van der Waals surface area contributed by atoms with Crippen molar-refractivity contribution < 1.29 is 19.1 Å². The molecule has 0 N–H and O–H groups in total. The highest BCUT2D eigenvalue weighted by atomic mass is 16.5. The maximum atomic E-state index is 13.8. The number of ether oxygens (including phenoxy) is 2. The minimum absolute atomic E-state index is 0.0271. The van der Waals surface area contributed by atoms with Crippen LogP contribution in [0.5, 0.6) is 0 Å². The van der Waals surface area contributed by atoms with Crippen molar-refractivity contribution in [1.29, 1.82) is 0 Å². The number of ketones is 1. The molecular formula is C26H36O4. The molecule has 6 atom stereocenters. The van der Waals surface area contributed by atoms with Gasteiger partial charge in [0, 0.05) is 43.1 Å². The third kappa shape index (κ3) is 2.97. The molecule has 0 spiro atoms. The molecule has 4 unspecified atom stereocenters. The standard InChI is InChI=1S/C26H36O4/c1-6-14-29-25(5)13-11-21-20-9-8-18-15-19(30-17(3)27)10-12-24(18,4)23(20)22(28)16-26(21,25)7-2/h7-8,15,20-21,23H,2,6,9-14,16H2,1,3-5H3/t20?,21?,23?,24-,25?,26-/m0/s1. The van der Waals surface area contributed by atoms with Gasteiger partial charge in [-0.15, -0.1) is 6.58 Å². The Morgan fingerprint density at radius 2 is 2.10 bits per heavy atom. The van der Waals surface area contributed by atoms with Crippen LogP contribution in [0.2, 0.25) is 0 Å². The molecule has 2 fully saturated rings. The molecule has 0 aliphatic heterocycles. The molecule has 30 heavy (non-hydrogen) atoms. The molecule has 0 aromatic heterocycles. The van der Waals surface area contributed by atoms with Crippen LogP contribution in [0.15, 0.2) is 36.1 Å². The van der Waals surface area contributed by atoms with Crippen LogP contribution in [0.25, 0.3) is 0 Å². The van der Waals surface area contributed by atoms with Crippen LogP contribution in [-0.4, -0.2) is 24.0 Å². The summed E-state index contributed by atoms with van der Waals surface area (Å²) in [6.45, 7) is 13.0. The van der Waals surface area contributed by atoms with Crippen LogP contribution >= 0.6 is 0 Å². The lowest BCUT2D eigenvalue weighted by atomic mass is 9.47. The van der Waals surface area contributed by atoms with Gasteiger partial charge in [-0.1, -0.05) is 26.0 Å². The van der Waals surface area contributed by atoms with E-state index in [2.05, 4.69) is 39.5 Å². The Kier molecular flexibility index (Phi) is 5.37. The van der Waals surface area contributed by atoms with E-state index in [1.807, 2.05) is 6.08 Å². The van der Waals surface area contributed by atoms with E-state index >= 15 is 0 Å². The first-order valence-corrected chi connectivity index (χ1v) is 11.6. The summed E-state index contributed by atoms with van der Waals surface area (Å²) in [4.78, 5) is 25.2. The Balaban J connectivity index is 1.70. The normalized spacial score (nSPS) is 42.4. The van der Waals surface area contributed by atoms with Gasteiger partial charge < -0.3 is 9.47 Å². The third-order valence-electron chi connectivity index (χ3n) is 8.76. The zero-order chi connectivity index (χ0) is 21.7. The fourth-order valence-corrected chi connectivity index (χ4v) is 7.29. The maximum absolute atomic E-state index is 13.8. The summed E-state index contributed by atoms with van der Waals surface area (Å²) in [7, 11) is 0. The largest absolute Gasteiger partial charge is 0.431 e. The minimum atomic E-state index is -0.310. The molecule has 0 heterocycles. The third-order valence-corrected chi connectivity index (χ3v) is 8.76. The molecule has 2 saturated carbocycles. The first-order chi connectivity index (χ1) is 14.2. The van der Waals surface area contributed by atoms with Crippen LogP contribution in [0.4, 0.5) is 0 Å². The van der Waals surface area contributed by atoms with Gasteiger partial charge in [-0.2, -0.15) is 0 Å². The lowest BCUT2D eigenvalue weighted by Crippen LogP contribution is -2.58. The number of allylic oxidation sites excluding steroid dienone is 4. The Labute approximate surface area is 180 Å². The number of Topliss-reactive ketones (excluding diaryl/α,β-unsaturated/α-hetero) is 1. The molecule has 4 rings (SSSR count). The summed E-state index contributed by atoms with van der Waals surface area (Å²) in [5, 5.41) is 0. The number of fused-ring (bicyclic) bond motifs is 5. The second-order valence-corrected chi connectivity index (χ2v) is 10.3. The molecule has 164 valence electrons. The van der Waals surface area contributed by atoms with E-state index in [-0.39, 0.29) is 28.3 Å². The summed E-state index contributed by atoms with van der Waals surface area (Å²) in [5.41, 5.74) is 0.416. The Morgan fingerprint density at radius 3 is 2.77 bits per heavy atom. The topological polar surface area (TPSA) is 52.6 Å². The summed E-state index contributed by atoms with van der Waals surface area (Å²) in [6, 6.07) is 0. The first kappa shape index (κ1) is 21.5. The quantitative estimate of drug-likeness (QED) is 0.440. The number of hydrogen-bond acceptors (Lipinski definition) is 4. The van der Waals surface area contributed by atoms with Crippen molar-refractivity contribution >= 4 is 11.8 Å². The van der Waals surface area contributed by atoms with Crippen LogP contribution in [-0.2, 0) is 19.1 Å². The van der Waals surface area contributed by atoms with Crippen molar-refractivity contribution in [3.8, 4) is 0 Å². The summed E-state index contributed by atoms with van der Waals surface area (Å²) < 4.78 is 11.8. The van der Waals surface area contributed by atoms with Gasteiger partial charge in [0.25, 0.3) is 0 Å². The van der Waals surface area contributed by atoms with Gasteiger partial charge in [0.15, 0.2) is 0 Å². The molecule has 0 radical (unpaired) electrons. The predicted molar refractivity (Wildman–Crippen MR) is 116 cm³/mol. The Morgan fingerprint density at radius 1 is 1.33 bits per heavy atom. The van der Waals surface area contributed by atoms with Gasteiger partial charge >= 0.3 is 5.97 Å². The smallest absolute Gasteiger partial charge is 0.307 e. The van der Waals surface area contributed by atoms with Gasteiger partial charge in [0.05, 0.1) is 5.60 Å². The molecule has 0 amide bonds. The van der Waals surface area contributed by atoms with Crippen LogP contribution in [0, 0.1) is 28.6 Å². The maximum Gasteiger partial charge on any atom is 0.307 e. The van der Waals surface area contributed by atoms with Gasteiger partial charge in [-0.05, 0) is 62.5 Å². The highest BCUT2D eigenvalue weighted by Crippen LogP contribution is 2.67. The van der Waals surface area contributed by atoms with E-state index in [1.54, 1.807) is 0 Å². The van der Waals surface area contributed by atoms with Crippen LogP contribution in [0.3, 0.4) is 0 Å². The molecule has 0 saturated heterocycles. The summed E-state index contributed by atoms with van der Waals surface area (Å²) in [5.74, 6) is 1.60. The van der Waals surface area contributed by atoms with Gasteiger partial charge in [-0.25, -0.2) is 0 Å². The van der Waals surface area contributed by atoms with E-state index in [9.17, 15) is 9.59 Å². The van der Waals surface area contributed by atoms with Crippen molar-refractivity contribution in [3.63, 3.8) is 0 Å². The van der Waals surface area contributed by atoms with Crippen molar-refractivity contribution in [2.45, 2.75) is 78.2 Å². The Hall–Kier alpha value is -1.68. The predicted octanol–water partition coefficient (Wildman–Crippen LogP) is 5.54. The lowest BCUT2D eigenvalue weighted by molar-refractivity contribution is -0.158. The number of carbonyl (C=O) groups is 2. The highest BCUT2D eigenvalue weighted by Gasteiger charge is 2.66. The van der Waals surface area contributed by atoms with Crippen LogP contribution in [0.1, 0.15) is 72.6 Å². The molecular weight excluding hydrogens is 376 g/mol. The Bertz CT molecular complexity index is 823. The number of carbonyl (C=O) groups excluding carboxylic acids is 2. The zero-order valence-electron chi connectivity index (χ0n) is 19.0. The fourth-order valence-electron chi connectivity index (χ4n) is 7.29. The SMILES string of the molecule is C=C[C@]12CC(=O)C3C(CC=C4C=C(OC(C)=O)CC[C@@]43C)C1CCC2(C)OCCC. The van der Waals surface area contributed by atoms with Gasteiger partial charge in [0.2, 0.25) is 0 Å². The average molecular weight is 413 g/mol. The van der Waals surface area contributed by atoms with E-state index < -0.39 is 0 Å². The van der Waals surface area contributed by atoms with E-state index in [0.29, 0.717) is 30.5 Å².